The summed E-state index contributed by atoms with van der Waals surface area (Å²) in [4.78, 5) is 2.29. The second kappa shape index (κ2) is 7.46. The molecule has 2 heteroatoms. The Morgan fingerprint density at radius 3 is 1.78 bits per heavy atom. The third kappa shape index (κ3) is 3.47. The van der Waals surface area contributed by atoms with E-state index in [1.165, 1.54) is 16.8 Å². The summed E-state index contributed by atoms with van der Waals surface area (Å²) in [5.41, 5.74) is 7.16. The van der Waals surface area contributed by atoms with Crippen molar-refractivity contribution in [3.63, 3.8) is 0 Å². The number of hydrogen-bond acceptors (Lipinski definition) is 1. The minimum Gasteiger partial charge on any atom is -0.310 e. The Morgan fingerprint density at radius 1 is 0.630 bits per heavy atom. The van der Waals surface area contributed by atoms with E-state index in [1.54, 1.807) is 0 Å². The van der Waals surface area contributed by atoms with Crippen molar-refractivity contribution in [2.45, 2.75) is 6.92 Å². The minimum atomic E-state index is 1.14. The van der Waals surface area contributed by atoms with E-state index in [-0.39, 0.29) is 0 Å². The summed E-state index contributed by atoms with van der Waals surface area (Å²) in [5, 5.41) is 0. The third-order valence-corrected chi connectivity index (χ3v) is 4.84. The lowest BCUT2D eigenvalue weighted by Gasteiger charge is -2.25. The molecule has 0 unspecified atom stereocenters. The largest absolute Gasteiger partial charge is 0.310 e. The van der Waals surface area contributed by atoms with Crippen molar-refractivity contribution in [1.82, 2.24) is 0 Å². The maximum atomic E-state index is 2.29. The van der Waals surface area contributed by atoms with Crippen LogP contribution in [-0.4, -0.2) is 0 Å². The fourth-order valence-electron chi connectivity index (χ4n) is 3.43. The lowest BCUT2D eigenvalue weighted by Crippen LogP contribution is -2.31. The van der Waals surface area contributed by atoms with Gasteiger partial charge in [0.05, 0.1) is 5.69 Å². The number of anilines is 3. The molecule has 0 saturated carbocycles. The topological polar surface area (TPSA) is 7.12 Å². The van der Waals surface area contributed by atoms with Gasteiger partial charge in [-0.2, -0.15) is 0 Å². The first kappa shape index (κ1) is 17.0. The van der Waals surface area contributed by atoms with E-state index in [4.69, 9.17) is 0 Å². The first-order valence-electron chi connectivity index (χ1n) is 9.20. The highest BCUT2D eigenvalue weighted by molar-refractivity contribution is 5.78. The van der Waals surface area contributed by atoms with E-state index in [0.29, 0.717) is 0 Å². The summed E-state index contributed by atoms with van der Waals surface area (Å²) in [6.45, 7) is 2.16. The van der Waals surface area contributed by atoms with Crippen LogP contribution in [0.3, 0.4) is 0 Å². The molecule has 3 aromatic carbocycles. The molecule has 0 aliphatic carbocycles. The molecule has 0 fully saturated rings. The summed E-state index contributed by atoms with van der Waals surface area (Å²) in [6, 6.07) is 34.0. The van der Waals surface area contributed by atoms with Crippen molar-refractivity contribution < 1.29 is 4.57 Å². The molecular formula is C25H23N2+. The maximum Gasteiger partial charge on any atom is 0.214 e. The Hall–Kier alpha value is -3.39. The van der Waals surface area contributed by atoms with Crippen molar-refractivity contribution in [2.24, 2.45) is 7.05 Å². The molecule has 4 rings (SSSR count). The number of rotatable bonds is 4. The van der Waals surface area contributed by atoms with Gasteiger partial charge in [-0.3, -0.25) is 0 Å². The summed E-state index contributed by atoms with van der Waals surface area (Å²) in [6.07, 6.45) is 2.13. The number of aryl methyl sites for hydroxylation is 2. The molecule has 2 nitrogen and oxygen atoms in total. The third-order valence-electron chi connectivity index (χ3n) is 4.84. The second-order valence-corrected chi connectivity index (χ2v) is 6.70. The van der Waals surface area contributed by atoms with E-state index in [2.05, 4.69) is 127 Å². The van der Waals surface area contributed by atoms with Crippen LogP contribution in [0.25, 0.3) is 11.3 Å². The molecule has 1 aromatic heterocycles. The normalized spacial score (nSPS) is 10.6. The van der Waals surface area contributed by atoms with Crippen LogP contribution < -0.4 is 9.47 Å². The zero-order valence-electron chi connectivity index (χ0n) is 15.7. The molecule has 27 heavy (non-hydrogen) atoms. The molecule has 0 atom stereocenters. The predicted molar refractivity (Wildman–Crippen MR) is 112 cm³/mol. The molecule has 0 aliphatic rings. The lowest BCUT2D eigenvalue weighted by molar-refractivity contribution is -0.660. The molecule has 0 radical (unpaired) electrons. The van der Waals surface area contributed by atoms with E-state index in [9.17, 15) is 0 Å². The molecule has 132 valence electrons. The van der Waals surface area contributed by atoms with Crippen molar-refractivity contribution in [2.75, 3.05) is 4.90 Å². The predicted octanol–water partition coefficient (Wildman–Crippen LogP) is 5.96. The fraction of sp³-hybridized carbons (Fsp3) is 0.0800. The highest BCUT2D eigenvalue weighted by Crippen LogP contribution is 2.35. The number of hydrogen-bond donors (Lipinski definition) is 0. The fourth-order valence-corrected chi connectivity index (χ4v) is 3.43. The van der Waals surface area contributed by atoms with Crippen molar-refractivity contribution >= 4 is 17.1 Å². The summed E-state index contributed by atoms with van der Waals surface area (Å²) in [5.74, 6) is 0. The minimum absolute atomic E-state index is 1.14. The molecule has 0 spiro atoms. The molecule has 0 saturated heterocycles. The Balaban J connectivity index is 1.89. The lowest BCUT2D eigenvalue weighted by atomic mass is 10.0. The van der Waals surface area contributed by atoms with Crippen LogP contribution in [0, 0.1) is 6.92 Å². The quantitative estimate of drug-likeness (QED) is 0.412. The summed E-state index contributed by atoms with van der Waals surface area (Å²) >= 11 is 0. The maximum absolute atomic E-state index is 2.29. The van der Waals surface area contributed by atoms with Crippen molar-refractivity contribution in [3.05, 3.63) is 109 Å². The average molecular weight is 351 g/mol. The van der Waals surface area contributed by atoms with Crippen LogP contribution in [0.15, 0.2) is 103 Å². The number of para-hydroxylation sites is 2. The monoisotopic (exact) mass is 351 g/mol. The molecule has 4 aromatic rings. The van der Waals surface area contributed by atoms with Gasteiger partial charge in [0.2, 0.25) is 5.69 Å². The van der Waals surface area contributed by atoms with Gasteiger partial charge in [0.25, 0.3) is 0 Å². The molecule has 1 heterocycles. The second-order valence-electron chi connectivity index (χ2n) is 6.70. The van der Waals surface area contributed by atoms with Gasteiger partial charge in [-0.05, 0) is 42.8 Å². The van der Waals surface area contributed by atoms with Crippen molar-refractivity contribution in [3.8, 4) is 11.3 Å². The van der Waals surface area contributed by atoms with Gasteiger partial charge in [0.1, 0.15) is 7.05 Å². The van der Waals surface area contributed by atoms with Gasteiger partial charge < -0.3 is 4.90 Å². The molecule has 0 amide bonds. The Bertz CT molecular complexity index is 1000. The molecule has 0 N–H and O–H groups in total. The van der Waals surface area contributed by atoms with Crippen LogP contribution in [0.4, 0.5) is 17.1 Å². The van der Waals surface area contributed by atoms with Crippen LogP contribution in [-0.2, 0) is 7.05 Å². The van der Waals surface area contributed by atoms with Gasteiger partial charge in [-0.25, -0.2) is 4.57 Å². The van der Waals surface area contributed by atoms with Gasteiger partial charge in [-0.15, -0.1) is 0 Å². The number of benzene rings is 3. The van der Waals surface area contributed by atoms with Crippen molar-refractivity contribution in [1.29, 1.82) is 0 Å². The van der Waals surface area contributed by atoms with E-state index >= 15 is 0 Å². The van der Waals surface area contributed by atoms with Crippen LogP contribution >= 0.6 is 0 Å². The Kier molecular flexibility index (Phi) is 4.71. The zero-order chi connectivity index (χ0) is 18.6. The zero-order valence-corrected chi connectivity index (χ0v) is 15.7. The van der Waals surface area contributed by atoms with Gasteiger partial charge in [-0.1, -0.05) is 54.6 Å². The number of pyridine rings is 1. The SMILES string of the molecule is Cc1ccccc1-c1cc(N(c2ccccc2)c2ccccc2)cc[n+]1C. The Morgan fingerprint density at radius 2 is 1.19 bits per heavy atom. The van der Waals surface area contributed by atoms with Gasteiger partial charge in [0, 0.05) is 29.1 Å². The average Bonchev–Trinajstić information content (AvgIpc) is 2.72. The Labute approximate surface area is 161 Å². The van der Waals surface area contributed by atoms with Gasteiger partial charge >= 0.3 is 0 Å². The first-order valence-corrected chi connectivity index (χ1v) is 9.20. The molecule has 0 bridgehead atoms. The standard InChI is InChI=1S/C25H23N2/c1-20-11-9-10-16-24(20)25-19-23(17-18-26(25)2)27(21-12-5-3-6-13-21)22-14-7-4-8-15-22/h3-19H,1-2H3/q+1. The first-order chi connectivity index (χ1) is 13.2. The smallest absolute Gasteiger partial charge is 0.214 e. The van der Waals surface area contributed by atoms with E-state index in [0.717, 1.165) is 17.1 Å². The number of nitrogens with zero attached hydrogens (tertiary/aromatic N) is 2. The highest BCUT2D eigenvalue weighted by Gasteiger charge is 2.18. The summed E-state index contributed by atoms with van der Waals surface area (Å²) < 4.78 is 2.18. The van der Waals surface area contributed by atoms with Crippen LogP contribution in [0.2, 0.25) is 0 Å². The molecule has 0 aliphatic heterocycles. The van der Waals surface area contributed by atoms with E-state index in [1.807, 2.05) is 0 Å². The van der Waals surface area contributed by atoms with E-state index < -0.39 is 0 Å². The summed E-state index contributed by atoms with van der Waals surface area (Å²) in [7, 11) is 2.10. The highest BCUT2D eigenvalue weighted by atomic mass is 15.1. The number of aromatic nitrogens is 1. The van der Waals surface area contributed by atoms with Gasteiger partial charge in [0.15, 0.2) is 6.20 Å². The van der Waals surface area contributed by atoms with Crippen LogP contribution in [0.1, 0.15) is 5.56 Å². The van der Waals surface area contributed by atoms with Crippen LogP contribution in [0.5, 0.6) is 0 Å². The molecular weight excluding hydrogens is 328 g/mol.